The number of amides is 1. The summed E-state index contributed by atoms with van der Waals surface area (Å²) in [6.07, 6.45) is -3.04. The van der Waals surface area contributed by atoms with E-state index in [1.807, 2.05) is 31.2 Å². The van der Waals surface area contributed by atoms with Gasteiger partial charge >= 0.3 is 6.18 Å². The van der Waals surface area contributed by atoms with Crippen molar-refractivity contribution in [2.75, 3.05) is 6.54 Å². The van der Waals surface area contributed by atoms with E-state index in [-0.39, 0.29) is 25.3 Å². The van der Waals surface area contributed by atoms with Crippen LogP contribution in [0.15, 0.2) is 24.3 Å². The summed E-state index contributed by atoms with van der Waals surface area (Å²) >= 11 is 0. The monoisotopic (exact) mass is 300 g/mol. The van der Waals surface area contributed by atoms with Crippen LogP contribution in [0, 0.1) is 0 Å². The Bertz CT molecular complexity index is 485. The molecule has 1 amide bonds. The largest absolute Gasteiger partial charge is 0.405 e. The Morgan fingerprint density at radius 1 is 1.24 bits per heavy atom. The lowest BCUT2D eigenvalue weighted by Gasteiger charge is -2.28. The number of benzene rings is 1. The third-order valence-corrected chi connectivity index (χ3v) is 3.74. The van der Waals surface area contributed by atoms with Crippen LogP contribution in [0.4, 0.5) is 13.2 Å². The first-order valence-electron chi connectivity index (χ1n) is 7.11. The molecule has 116 valence electrons. The van der Waals surface area contributed by atoms with Crippen molar-refractivity contribution in [3.05, 3.63) is 35.4 Å². The van der Waals surface area contributed by atoms with Gasteiger partial charge in [0.25, 0.3) is 0 Å². The fourth-order valence-electron chi connectivity index (χ4n) is 2.47. The molecule has 0 spiro atoms. The maximum atomic E-state index is 13.1. The normalized spacial score (nSPS) is 17.8. The lowest BCUT2D eigenvalue weighted by atomic mass is 10.0. The maximum absolute atomic E-state index is 13.1. The van der Waals surface area contributed by atoms with Gasteiger partial charge in [-0.2, -0.15) is 13.2 Å². The lowest BCUT2D eigenvalue weighted by Crippen LogP contribution is -2.50. The number of rotatable bonds is 5. The summed E-state index contributed by atoms with van der Waals surface area (Å²) in [5.74, 6) is -0.350. The molecule has 1 aromatic carbocycles. The Kier molecular flexibility index (Phi) is 4.88. The van der Waals surface area contributed by atoms with Crippen molar-refractivity contribution in [2.24, 2.45) is 0 Å². The Morgan fingerprint density at radius 3 is 2.33 bits per heavy atom. The van der Waals surface area contributed by atoms with Crippen LogP contribution in [0.2, 0.25) is 0 Å². The second-order valence-electron chi connectivity index (χ2n) is 5.24. The van der Waals surface area contributed by atoms with Crippen LogP contribution in [0.25, 0.3) is 0 Å². The van der Waals surface area contributed by atoms with Gasteiger partial charge in [-0.1, -0.05) is 31.2 Å². The van der Waals surface area contributed by atoms with Crippen LogP contribution in [0.5, 0.6) is 0 Å². The predicted octanol–water partition coefficient (Wildman–Crippen LogP) is 2.85. The molecule has 6 heteroatoms. The fraction of sp³-hybridized carbons (Fsp3) is 0.533. The zero-order valence-corrected chi connectivity index (χ0v) is 11.9. The quantitative estimate of drug-likeness (QED) is 0.907. The van der Waals surface area contributed by atoms with E-state index in [2.05, 4.69) is 5.43 Å². The second kappa shape index (κ2) is 6.47. The topological polar surface area (TPSA) is 32.3 Å². The fourth-order valence-corrected chi connectivity index (χ4v) is 2.47. The lowest BCUT2D eigenvalue weighted by molar-refractivity contribution is -0.189. The van der Waals surface area contributed by atoms with Gasteiger partial charge in [0.2, 0.25) is 5.91 Å². The number of carbonyl (C=O) groups is 1. The van der Waals surface area contributed by atoms with Crippen molar-refractivity contribution < 1.29 is 18.0 Å². The van der Waals surface area contributed by atoms with Gasteiger partial charge < -0.3 is 0 Å². The molecule has 0 aromatic heterocycles. The van der Waals surface area contributed by atoms with Crippen LogP contribution >= 0.6 is 0 Å². The first kappa shape index (κ1) is 15.8. The molecular formula is C15H19F3N2O. The van der Waals surface area contributed by atoms with E-state index < -0.39 is 12.2 Å². The SMILES string of the molecule is CCc1ccc(CCC(N2CCC(=O)N2)C(F)(F)F)cc1. The number of hydrogen-bond donors (Lipinski definition) is 1. The highest BCUT2D eigenvalue weighted by molar-refractivity contribution is 5.77. The number of hydrogen-bond acceptors (Lipinski definition) is 2. The van der Waals surface area contributed by atoms with E-state index in [1.165, 1.54) is 0 Å². The van der Waals surface area contributed by atoms with Gasteiger partial charge in [0, 0.05) is 13.0 Å². The van der Waals surface area contributed by atoms with Gasteiger partial charge in [0.05, 0.1) is 0 Å². The molecule has 1 aliphatic rings. The van der Waals surface area contributed by atoms with Crippen LogP contribution in [-0.2, 0) is 17.6 Å². The van der Waals surface area contributed by atoms with Gasteiger partial charge in [-0.25, -0.2) is 5.01 Å². The molecule has 1 atom stereocenters. The third kappa shape index (κ3) is 4.20. The summed E-state index contributed by atoms with van der Waals surface area (Å²) in [5.41, 5.74) is 4.34. The minimum atomic E-state index is -4.35. The summed E-state index contributed by atoms with van der Waals surface area (Å²) < 4.78 is 39.4. The van der Waals surface area contributed by atoms with Crippen molar-refractivity contribution in [3.63, 3.8) is 0 Å². The first-order chi connectivity index (χ1) is 9.90. The zero-order valence-electron chi connectivity index (χ0n) is 11.9. The van der Waals surface area contributed by atoms with Crippen LogP contribution in [-0.4, -0.2) is 29.7 Å². The van der Waals surface area contributed by atoms with E-state index in [0.717, 1.165) is 22.6 Å². The van der Waals surface area contributed by atoms with E-state index in [4.69, 9.17) is 0 Å². The predicted molar refractivity (Wildman–Crippen MR) is 73.4 cm³/mol. The molecule has 1 unspecified atom stereocenters. The zero-order chi connectivity index (χ0) is 15.5. The van der Waals surface area contributed by atoms with Gasteiger partial charge in [-0.05, 0) is 30.4 Å². The van der Waals surface area contributed by atoms with Crippen molar-refractivity contribution in [1.82, 2.24) is 10.4 Å². The smallest absolute Gasteiger partial charge is 0.288 e. The maximum Gasteiger partial charge on any atom is 0.405 e. The molecule has 0 bridgehead atoms. The highest BCUT2D eigenvalue weighted by Gasteiger charge is 2.45. The number of carbonyl (C=O) groups excluding carboxylic acids is 1. The number of halogens is 3. The van der Waals surface area contributed by atoms with Gasteiger partial charge in [0.1, 0.15) is 6.04 Å². The summed E-state index contributed by atoms with van der Waals surface area (Å²) in [5, 5.41) is 1.02. The van der Waals surface area contributed by atoms with E-state index >= 15 is 0 Å². The molecule has 0 aliphatic carbocycles. The van der Waals surface area contributed by atoms with E-state index in [9.17, 15) is 18.0 Å². The number of aryl methyl sites for hydroxylation is 2. The second-order valence-corrected chi connectivity index (χ2v) is 5.24. The standard InChI is InChI=1S/C15H19F3N2O/c1-2-11-3-5-12(6-4-11)7-8-13(15(16,17)18)20-10-9-14(21)19-20/h3-6,13H,2,7-10H2,1H3,(H,19,21). The highest BCUT2D eigenvalue weighted by atomic mass is 19.4. The first-order valence-corrected chi connectivity index (χ1v) is 7.11. The molecule has 1 fully saturated rings. The third-order valence-electron chi connectivity index (χ3n) is 3.74. The Balaban J connectivity index is 2.00. The molecule has 3 nitrogen and oxygen atoms in total. The van der Waals surface area contributed by atoms with Gasteiger partial charge in [-0.15, -0.1) is 0 Å². The minimum absolute atomic E-state index is 0.0603. The Labute approximate surface area is 122 Å². The van der Waals surface area contributed by atoms with Crippen molar-refractivity contribution >= 4 is 5.91 Å². The average Bonchev–Trinajstić information content (AvgIpc) is 2.84. The highest BCUT2D eigenvalue weighted by Crippen LogP contribution is 2.29. The van der Waals surface area contributed by atoms with Crippen LogP contribution < -0.4 is 5.43 Å². The molecule has 1 heterocycles. The van der Waals surface area contributed by atoms with E-state index in [0.29, 0.717) is 6.42 Å². The summed E-state index contributed by atoms with van der Waals surface area (Å²) in [7, 11) is 0. The number of nitrogens with zero attached hydrogens (tertiary/aromatic N) is 1. The molecule has 1 aromatic rings. The summed E-state index contributed by atoms with van der Waals surface area (Å²) in [6, 6.07) is 5.99. The van der Waals surface area contributed by atoms with E-state index in [1.54, 1.807) is 0 Å². The molecule has 0 radical (unpaired) electrons. The molecule has 21 heavy (non-hydrogen) atoms. The molecule has 1 saturated heterocycles. The van der Waals surface area contributed by atoms with Crippen LogP contribution in [0.1, 0.15) is 30.9 Å². The molecular weight excluding hydrogens is 281 g/mol. The molecule has 0 saturated carbocycles. The Hall–Kier alpha value is -1.56. The molecule has 1 aliphatic heterocycles. The van der Waals surface area contributed by atoms with Crippen LogP contribution in [0.3, 0.4) is 0 Å². The Morgan fingerprint density at radius 2 is 1.86 bits per heavy atom. The van der Waals surface area contributed by atoms with Gasteiger partial charge in [-0.3, -0.25) is 10.2 Å². The number of hydrazine groups is 1. The van der Waals surface area contributed by atoms with Crippen molar-refractivity contribution in [2.45, 2.75) is 44.8 Å². The van der Waals surface area contributed by atoms with Crippen molar-refractivity contribution in [1.29, 1.82) is 0 Å². The summed E-state index contributed by atoms with van der Waals surface area (Å²) in [4.78, 5) is 11.1. The molecule has 2 rings (SSSR count). The van der Waals surface area contributed by atoms with Crippen molar-refractivity contribution in [3.8, 4) is 0 Å². The van der Waals surface area contributed by atoms with Gasteiger partial charge in [0.15, 0.2) is 0 Å². The molecule has 1 N–H and O–H groups in total. The number of nitrogens with one attached hydrogen (secondary N) is 1. The summed E-state index contributed by atoms with van der Waals surface area (Å²) in [6.45, 7) is 2.14. The minimum Gasteiger partial charge on any atom is -0.288 e. The average molecular weight is 300 g/mol. The number of alkyl halides is 3.